The Bertz CT molecular complexity index is 263. The molecule has 1 heterocycles. The molecule has 0 N–H and O–H groups in total. The van der Waals surface area contributed by atoms with Crippen molar-refractivity contribution >= 4 is 0 Å². The summed E-state index contributed by atoms with van der Waals surface area (Å²) in [7, 11) is 0. The molecule has 3 rings (SSSR count). The first kappa shape index (κ1) is 8.93. The fourth-order valence-corrected chi connectivity index (χ4v) is 3.28. The van der Waals surface area contributed by atoms with E-state index >= 15 is 0 Å². The fraction of sp³-hybridized carbons (Fsp3) is 0.833. The summed E-state index contributed by atoms with van der Waals surface area (Å²) in [5.74, 6) is 1.37. The first-order valence-corrected chi connectivity index (χ1v) is 5.79. The lowest BCUT2D eigenvalue weighted by Crippen LogP contribution is -2.26. The van der Waals surface area contributed by atoms with Gasteiger partial charge in [-0.2, -0.15) is 0 Å². The topological polar surface area (TPSA) is 18.5 Å². The van der Waals surface area contributed by atoms with Gasteiger partial charge in [-0.05, 0) is 24.7 Å². The van der Waals surface area contributed by atoms with E-state index in [1.807, 2.05) is 0 Å². The van der Waals surface area contributed by atoms with Gasteiger partial charge in [-0.15, -0.1) is 0 Å². The molecule has 3 aliphatic rings. The zero-order valence-electron chi connectivity index (χ0n) is 8.79. The third-order valence-corrected chi connectivity index (χ3v) is 3.97. The van der Waals surface area contributed by atoms with Crippen molar-refractivity contribution in [3.8, 4) is 0 Å². The van der Waals surface area contributed by atoms with Crippen molar-refractivity contribution in [2.24, 2.45) is 11.8 Å². The predicted molar refractivity (Wildman–Crippen MR) is 53.8 cm³/mol. The number of ether oxygens (including phenoxy) is 2. The van der Waals surface area contributed by atoms with Crippen LogP contribution in [0.4, 0.5) is 0 Å². The molecule has 1 aliphatic heterocycles. The maximum Gasteiger partial charge on any atom is 0.169 e. The second kappa shape index (κ2) is 3.07. The molecule has 14 heavy (non-hydrogen) atoms. The Balaban J connectivity index is 1.75. The molecule has 0 aromatic heterocycles. The van der Waals surface area contributed by atoms with E-state index in [0.29, 0.717) is 0 Å². The standard InChI is InChI=1S/C12H18O2/c1-2-9-5-10-7-12(8-11(10)6-9)13-3-4-14-12/h5,10-11H,2-4,6-8H2,1H3. The lowest BCUT2D eigenvalue weighted by Gasteiger charge is -2.22. The zero-order chi connectivity index (χ0) is 9.60. The number of hydrogen-bond donors (Lipinski definition) is 0. The van der Waals surface area contributed by atoms with Gasteiger partial charge in [-0.1, -0.05) is 18.6 Å². The largest absolute Gasteiger partial charge is 0.348 e. The van der Waals surface area contributed by atoms with E-state index in [1.165, 1.54) is 12.8 Å². The highest BCUT2D eigenvalue weighted by molar-refractivity contribution is 5.17. The molecule has 2 aliphatic carbocycles. The van der Waals surface area contributed by atoms with E-state index in [2.05, 4.69) is 13.0 Å². The van der Waals surface area contributed by atoms with Gasteiger partial charge in [-0.3, -0.25) is 0 Å². The molecule has 1 saturated heterocycles. The van der Waals surface area contributed by atoms with Crippen LogP contribution >= 0.6 is 0 Å². The van der Waals surface area contributed by atoms with Gasteiger partial charge in [-0.25, -0.2) is 0 Å². The highest BCUT2D eigenvalue weighted by Crippen LogP contribution is 2.51. The third-order valence-electron chi connectivity index (χ3n) is 3.97. The van der Waals surface area contributed by atoms with Crippen molar-refractivity contribution < 1.29 is 9.47 Å². The Morgan fingerprint density at radius 1 is 1.36 bits per heavy atom. The van der Waals surface area contributed by atoms with Gasteiger partial charge in [0.15, 0.2) is 5.79 Å². The average molecular weight is 194 g/mol. The van der Waals surface area contributed by atoms with Gasteiger partial charge >= 0.3 is 0 Å². The van der Waals surface area contributed by atoms with E-state index in [4.69, 9.17) is 9.47 Å². The maximum absolute atomic E-state index is 5.76. The van der Waals surface area contributed by atoms with Crippen LogP contribution in [-0.4, -0.2) is 19.0 Å². The summed E-state index contributed by atoms with van der Waals surface area (Å²) in [5.41, 5.74) is 1.65. The zero-order valence-corrected chi connectivity index (χ0v) is 8.79. The second-order valence-electron chi connectivity index (χ2n) is 4.82. The minimum Gasteiger partial charge on any atom is -0.348 e. The number of rotatable bonds is 1. The Hall–Kier alpha value is -0.340. The molecule has 2 fully saturated rings. The highest BCUT2D eigenvalue weighted by Gasteiger charge is 2.50. The normalized spacial score (nSPS) is 39.1. The van der Waals surface area contributed by atoms with Crippen LogP contribution in [0.1, 0.15) is 32.6 Å². The van der Waals surface area contributed by atoms with Gasteiger partial charge < -0.3 is 9.47 Å². The van der Waals surface area contributed by atoms with E-state index in [9.17, 15) is 0 Å². The van der Waals surface area contributed by atoms with E-state index in [-0.39, 0.29) is 5.79 Å². The molecule has 2 unspecified atom stereocenters. The number of hydrogen-bond acceptors (Lipinski definition) is 2. The maximum atomic E-state index is 5.76. The molecule has 2 heteroatoms. The number of fused-ring (bicyclic) bond motifs is 1. The van der Waals surface area contributed by atoms with E-state index < -0.39 is 0 Å². The van der Waals surface area contributed by atoms with Crippen LogP contribution in [-0.2, 0) is 9.47 Å². The molecular formula is C12H18O2. The summed E-state index contributed by atoms with van der Waals surface area (Å²) in [6.07, 6.45) is 7.21. The molecule has 2 nitrogen and oxygen atoms in total. The molecule has 2 atom stereocenters. The van der Waals surface area contributed by atoms with Gasteiger partial charge in [0.1, 0.15) is 0 Å². The quantitative estimate of drug-likeness (QED) is 0.597. The average Bonchev–Trinajstić information content (AvgIpc) is 2.81. The summed E-state index contributed by atoms with van der Waals surface area (Å²) >= 11 is 0. The Morgan fingerprint density at radius 3 is 2.79 bits per heavy atom. The lowest BCUT2D eigenvalue weighted by molar-refractivity contribution is -0.153. The predicted octanol–water partition coefficient (Wildman–Crippen LogP) is 2.50. The van der Waals surface area contributed by atoms with Crippen molar-refractivity contribution in [1.29, 1.82) is 0 Å². The van der Waals surface area contributed by atoms with Crippen LogP contribution in [0.2, 0.25) is 0 Å². The third kappa shape index (κ3) is 1.24. The van der Waals surface area contributed by atoms with Crippen molar-refractivity contribution in [3.05, 3.63) is 11.6 Å². The van der Waals surface area contributed by atoms with Gasteiger partial charge in [0, 0.05) is 12.8 Å². The van der Waals surface area contributed by atoms with Crippen molar-refractivity contribution in [2.45, 2.75) is 38.4 Å². The van der Waals surface area contributed by atoms with Crippen LogP contribution < -0.4 is 0 Å². The van der Waals surface area contributed by atoms with Gasteiger partial charge in [0.05, 0.1) is 13.2 Å². The summed E-state index contributed by atoms with van der Waals surface area (Å²) in [5, 5.41) is 0. The molecule has 0 amide bonds. The van der Waals surface area contributed by atoms with Crippen LogP contribution in [0.25, 0.3) is 0 Å². The Kier molecular flexibility index (Phi) is 1.96. The molecule has 0 aromatic rings. The number of allylic oxidation sites excluding steroid dienone is 2. The molecule has 1 saturated carbocycles. The molecule has 1 spiro atoms. The summed E-state index contributed by atoms with van der Waals surface area (Å²) in [6, 6.07) is 0. The SMILES string of the molecule is CCC1=CC2CC3(CC2C1)OCCO3. The summed E-state index contributed by atoms with van der Waals surface area (Å²) in [4.78, 5) is 0. The monoisotopic (exact) mass is 194 g/mol. The van der Waals surface area contributed by atoms with Gasteiger partial charge in [0.2, 0.25) is 0 Å². The van der Waals surface area contributed by atoms with Gasteiger partial charge in [0.25, 0.3) is 0 Å². The smallest absolute Gasteiger partial charge is 0.169 e. The van der Waals surface area contributed by atoms with E-state index in [1.54, 1.807) is 5.57 Å². The first-order chi connectivity index (χ1) is 6.81. The Morgan fingerprint density at radius 2 is 2.14 bits per heavy atom. The van der Waals surface area contributed by atoms with Crippen LogP contribution in [0.15, 0.2) is 11.6 Å². The lowest BCUT2D eigenvalue weighted by atomic mass is 9.99. The second-order valence-corrected chi connectivity index (χ2v) is 4.82. The van der Waals surface area contributed by atoms with Crippen LogP contribution in [0, 0.1) is 11.8 Å². The van der Waals surface area contributed by atoms with Crippen molar-refractivity contribution in [2.75, 3.05) is 13.2 Å². The van der Waals surface area contributed by atoms with Crippen molar-refractivity contribution in [1.82, 2.24) is 0 Å². The Labute approximate surface area is 85.3 Å². The summed E-state index contributed by atoms with van der Waals surface area (Å²) < 4.78 is 11.5. The van der Waals surface area contributed by atoms with Crippen molar-refractivity contribution in [3.63, 3.8) is 0 Å². The first-order valence-electron chi connectivity index (χ1n) is 5.79. The molecule has 78 valence electrons. The molecular weight excluding hydrogens is 176 g/mol. The minimum absolute atomic E-state index is 0.175. The molecule has 0 radical (unpaired) electrons. The molecule has 0 bridgehead atoms. The van der Waals surface area contributed by atoms with Crippen LogP contribution in [0.5, 0.6) is 0 Å². The van der Waals surface area contributed by atoms with Crippen LogP contribution in [0.3, 0.4) is 0 Å². The minimum atomic E-state index is -0.175. The highest BCUT2D eigenvalue weighted by atomic mass is 16.7. The fourth-order valence-electron chi connectivity index (χ4n) is 3.28. The summed E-state index contributed by atoms with van der Waals surface area (Å²) in [6.45, 7) is 3.85. The van der Waals surface area contributed by atoms with E-state index in [0.717, 1.165) is 37.9 Å². The molecule has 0 aromatic carbocycles.